The molecule has 0 radical (unpaired) electrons. The number of aliphatic imine (C=N–C) groups is 1. The molecule has 0 heterocycles. The Balaban J connectivity index is 3.25. The standard InChI is InChI=1S/C13H27NOS/c1-12(2)11-13(3)14-7-6-10-16-9-5-4-8-15/h12,15H,4-11H2,1-3H3. The van der Waals surface area contributed by atoms with Gasteiger partial charge in [0.15, 0.2) is 0 Å². The van der Waals surface area contributed by atoms with Crippen molar-refractivity contribution in [3.8, 4) is 0 Å². The third kappa shape index (κ3) is 12.1. The van der Waals surface area contributed by atoms with E-state index in [2.05, 4.69) is 25.8 Å². The number of aliphatic hydroxyl groups excluding tert-OH is 1. The van der Waals surface area contributed by atoms with Crippen molar-refractivity contribution in [2.24, 2.45) is 10.9 Å². The summed E-state index contributed by atoms with van der Waals surface area (Å²) >= 11 is 1.98. The van der Waals surface area contributed by atoms with Crippen LogP contribution in [0.5, 0.6) is 0 Å². The van der Waals surface area contributed by atoms with Crippen molar-refractivity contribution in [1.82, 2.24) is 0 Å². The van der Waals surface area contributed by atoms with E-state index in [9.17, 15) is 0 Å². The topological polar surface area (TPSA) is 32.6 Å². The lowest BCUT2D eigenvalue weighted by molar-refractivity contribution is 0.287. The molecule has 16 heavy (non-hydrogen) atoms. The number of nitrogens with zero attached hydrogens (tertiary/aromatic N) is 1. The SMILES string of the molecule is CC(CC(C)C)=NCCCSCCCCO. The first-order valence-electron chi connectivity index (χ1n) is 6.35. The summed E-state index contributed by atoms with van der Waals surface area (Å²) in [5.41, 5.74) is 1.29. The normalized spacial score (nSPS) is 12.4. The molecule has 0 saturated carbocycles. The highest BCUT2D eigenvalue weighted by Gasteiger charge is 1.96. The molecule has 1 N–H and O–H groups in total. The Morgan fingerprint density at radius 2 is 1.88 bits per heavy atom. The molecule has 0 amide bonds. The molecule has 0 rings (SSSR count). The van der Waals surface area contributed by atoms with Crippen LogP contribution in [-0.2, 0) is 0 Å². The van der Waals surface area contributed by atoms with Crippen molar-refractivity contribution in [3.05, 3.63) is 0 Å². The van der Waals surface area contributed by atoms with E-state index in [1.54, 1.807) is 0 Å². The lowest BCUT2D eigenvalue weighted by Crippen LogP contribution is -1.99. The van der Waals surface area contributed by atoms with Gasteiger partial charge in [0.25, 0.3) is 0 Å². The number of thioether (sulfide) groups is 1. The highest BCUT2D eigenvalue weighted by atomic mass is 32.2. The van der Waals surface area contributed by atoms with Crippen molar-refractivity contribution < 1.29 is 5.11 Å². The molecule has 0 aliphatic rings. The van der Waals surface area contributed by atoms with Crippen molar-refractivity contribution in [2.75, 3.05) is 24.7 Å². The number of aliphatic hydroxyl groups is 1. The van der Waals surface area contributed by atoms with Crippen LogP contribution in [0.25, 0.3) is 0 Å². The number of rotatable bonds is 10. The minimum absolute atomic E-state index is 0.333. The summed E-state index contributed by atoms with van der Waals surface area (Å²) in [5.74, 6) is 3.09. The first-order valence-corrected chi connectivity index (χ1v) is 7.50. The van der Waals surface area contributed by atoms with Crippen LogP contribution >= 0.6 is 11.8 Å². The van der Waals surface area contributed by atoms with E-state index in [0.717, 1.165) is 31.7 Å². The highest BCUT2D eigenvalue weighted by Crippen LogP contribution is 2.07. The highest BCUT2D eigenvalue weighted by molar-refractivity contribution is 7.99. The van der Waals surface area contributed by atoms with E-state index in [1.165, 1.54) is 23.6 Å². The van der Waals surface area contributed by atoms with Crippen molar-refractivity contribution in [2.45, 2.75) is 46.5 Å². The molecular weight excluding hydrogens is 218 g/mol. The summed E-state index contributed by atoms with van der Waals surface area (Å²) in [7, 11) is 0. The van der Waals surface area contributed by atoms with Crippen LogP contribution in [0.15, 0.2) is 4.99 Å². The van der Waals surface area contributed by atoms with E-state index in [1.807, 2.05) is 11.8 Å². The van der Waals surface area contributed by atoms with E-state index in [4.69, 9.17) is 5.11 Å². The van der Waals surface area contributed by atoms with Crippen LogP contribution < -0.4 is 0 Å². The molecule has 96 valence electrons. The summed E-state index contributed by atoms with van der Waals surface area (Å²) < 4.78 is 0. The maximum absolute atomic E-state index is 8.61. The van der Waals surface area contributed by atoms with Gasteiger partial charge in [0.05, 0.1) is 0 Å². The van der Waals surface area contributed by atoms with Crippen LogP contribution in [0.4, 0.5) is 0 Å². The zero-order chi connectivity index (χ0) is 12.2. The van der Waals surface area contributed by atoms with Crippen LogP contribution in [-0.4, -0.2) is 35.5 Å². The van der Waals surface area contributed by atoms with E-state index < -0.39 is 0 Å². The second kappa shape index (κ2) is 11.5. The lowest BCUT2D eigenvalue weighted by atomic mass is 10.1. The fourth-order valence-corrected chi connectivity index (χ4v) is 2.46. The molecule has 0 fully saturated rings. The molecule has 0 aliphatic carbocycles. The molecular formula is C13H27NOS. The Labute approximate surface area is 105 Å². The Bertz CT molecular complexity index is 181. The molecule has 0 aromatic rings. The Morgan fingerprint density at radius 1 is 1.19 bits per heavy atom. The summed E-state index contributed by atoms with van der Waals surface area (Å²) in [4.78, 5) is 4.56. The predicted molar refractivity (Wildman–Crippen MR) is 75.7 cm³/mol. The lowest BCUT2D eigenvalue weighted by Gasteiger charge is -2.04. The van der Waals surface area contributed by atoms with Gasteiger partial charge in [-0.2, -0.15) is 11.8 Å². The van der Waals surface area contributed by atoms with Gasteiger partial charge in [0.2, 0.25) is 0 Å². The first kappa shape index (κ1) is 16.0. The summed E-state index contributed by atoms with van der Waals surface area (Å²) in [6.07, 6.45) is 4.39. The van der Waals surface area contributed by atoms with Crippen LogP contribution in [0.2, 0.25) is 0 Å². The maximum Gasteiger partial charge on any atom is 0.0431 e. The van der Waals surface area contributed by atoms with Crippen molar-refractivity contribution in [3.63, 3.8) is 0 Å². The second-order valence-corrected chi connectivity index (χ2v) is 5.84. The molecule has 0 saturated heterocycles. The summed E-state index contributed by atoms with van der Waals surface area (Å²) in [6, 6.07) is 0. The predicted octanol–water partition coefficient (Wildman–Crippen LogP) is 3.39. The van der Waals surface area contributed by atoms with E-state index in [-0.39, 0.29) is 0 Å². The number of hydrogen-bond acceptors (Lipinski definition) is 3. The number of unbranched alkanes of at least 4 members (excludes halogenated alkanes) is 1. The zero-order valence-corrected chi connectivity index (χ0v) is 11.9. The molecule has 0 unspecified atom stereocenters. The number of hydrogen-bond donors (Lipinski definition) is 1. The summed E-state index contributed by atoms with van der Waals surface area (Å²) in [6.45, 7) is 7.91. The molecule has 0 aromatic heterocycles. The van der Waals surface area contributed by atoms with Crippen LogP contribution in [0.3, 0.4) is 0 Å². The van der Waals surface area contributed by atoms with Gasteiger partial charge in [0.1, 0.15) is 0 Å². The van der Waals surface area contributed by atoms with Gasteiger partial charge in [-0.25, -0.2) is 0 Å². The third-order valence-corrected chi connectivity index (χ3v) is 3.38. The van der Waals surface area contributed by atoms with Crippen LogP contribution in [0, 0.1) is 5.92 Å². The zero-order valence-electron chi connectivity index (χ0n) is 11.0. The second-order valence-electron chi connectivity index (χ2n) is 4.61. The molecule has 2 nitrogen and oxygen atoms in total. The monoisotopic (exact) mass is 245 g/mol. The van der Waals surface area contributed by atoms with Crippen molar-refractivity contribution in [1.29, 1.82) is 0 Å². The third-order valence-electron chi connectivity index (χ3n) is 2.23. The van der Waals surface area contributed by atoms with Crippen LogP contribution in [0.1, 0.15) is 46.5 Å². The average molecular weight is 245 g/mol. The fourth-order valence-electron chi connectivity index (χ4n) is 1.51. The largest absolute Gasteiger partial charge is 0.396 e. The van der Waals surface area contributed by atoms with Gasteiger partial charge in [-0.3, -0.25) is 4.99 Å². The average Bonchev–Trinajstić information content (AvgIpc) is 2.21. The van der Waals surface area contributed by atoms with E-state index >= 15 is 0 Å². The van der Waals surface area contributed by atoms with Gasteiger partial charge in [-0.05, 0) is 50.0 Å². The molecule has 0 atom stereocenters. The molecule has 3 heteroatoms. The minimum atomic E-state index is 0.333. The molecule has 0 aliphatic heterocycles. The molecule has 0 bridgehead atoms. The smallest absolute Gasteiger partial charge is 0.0431 e. The van der Waals surface area contributed by atoms with E-state index in [0.29, 0.717) is 6.61 Å². The Morgan fingerprint density at radius 3 is 2.50 bits per heavy atom. The van der Waals surface area contributed by atoms with Gasteiger partial charge < -0.3 is 5.11 Å². The summed E-state index contributed by atoms with van der Waals surface area (Å²) in [5, 5.41) is 8.61. The fraction of sp³-hybridized carbons (Fsp3) is 0.923. The Kier molecular flexibility index (Phi) is 11.5. The molecule has 0 aromatic carbocycles. The van der Waals surface area contributed by atoms with Gasteiger partial charge >= 0.3 is 0 Å². The van der Waals surface area contributed by atoms with Gasteiger partial charge in [0, 0.05) is 18.9 Å². The van der Waals surface area contributed by atoms with Gasteiger partial charge in [-0.15, -0.1) is 0 Å². The van der Waals surface area contributed by atoms with Crippen molar-refractivity contribution >= 4 is 17.5 Å². The molecule has 0 spiro atoms. The quantitative estimate of drug-likeness (QED) is 0.473. The maximum atomic E-state index is 8.61. The van der Waals surface area contributed by atoms with Gasteiger partial charge in [-0.1, -0.05) is 13.8 Å². The Hall–Kier alpha value is -0.0200. The first-order chi connectivity index (χ1) is 7.66. The minimum Gasteiger partial charge on any atom is -0.396 e.